The lowest BCUT2D eigenvalue weighted by atomic mass is 10.1. The van der Waals surface area contributed by atoms with Crippen LogP contribution in [0.3, 0.4) is 0 Å². The minimum Gasteiger partial charge on any atom is -0.299 e. The van der Waals surface area contributed by atoms with E-state index in [0.29, 0.717) is 6.42 Å². The second-order valence-electron chi connectivity index (χ2n) is 5.04. The molecule has 0 N–H and O–H groups in total. The molecule has 104 valence electrons. The van der Waals surface area contributed by atoms with Crippen molar-refractivity contribution in [3.63, 3.8) is 0 Å². The van der Waals surface area contributed by atoms with Crippen molar-refractivity contribution in [2.24, 2.45) is 28.2 Å². The lowest BCUT2D eigenvalue weighted by Crippen LogP contribution is -2.21. The fraction of sp³-hybridized carbons (Fsp3) is 0.538. The van der Waals surface area contributed by atoms with E-state index in [0.717, 1.165) is 22.8 Å². The average molecular weight is 264 g/mol. The highest BCUT2D eigenvalue weighted by molar-refractivity contribution is 5.24. The number of nitrogens with zero attached hydrogens (tertiary/aromatic N) is 4. The van der Waals surface area contributed by atoms with Gasteiger partial charge >= 0.3 is 11.4 Å². The molecule has 6 nitrogen and oxygen atoms in total. The van der Waals surface area contributed by atoms with Crippen LogP contribution in [0.5, 0.6) is 0 Å². The van der Waals surface area contributed by atoms with Crippen LogP contribution in [0.4, 0.5) is 0 Å². The molecule has 0 aliphatic rings. The summed E-state index contributed by atoms with van der Waals surface area (Å²) in [5.74, 6) is 0. The van der Waals surface area contributed by atoms with Gasteiger partial charge in [-0.05, 0) is 13.8 Å². The number of imidazole rings is 2. The van der Waals surface area contributed by atoms with Crippen LogP contribution < -0.4 is 11.4 Å². The first-order valence-corrected chi connectivity index (χ1v) is 6.19. The predicted molar refractivity (Wildman–Crippen MR) is 73.6 cm³/mol. The molecule has 0 spiro atoms. The predicted octanol–water partition coefficient (Wildman–Crippen LogP) is -0.0314. The maximum absolute atomic E-state index is 11.9. The summed E-state index contributed by atoms with van der Waals surface area (Å²) in [5.41, 5.74) is 3.68. The lowest BCUT2D eigenvalue weighted by Gasteiger charge is -2.06. The molecular weight excluding hydrogens is 244 g/mol. The van der Waals surface area contributed by atoms with Gasteiger partial charge in [0.1, 0.15) is 0 Å². The number of rotatable bonds is 2. The Morgan fingerprint density at radius 2 is 1.00 bits per heavy atom. The van der Waals surface area contributed by atoms with Gasteiger partial charge in [-0.1, -0.05) is 0 Å². The zero-order valence-corrected chi connectivity index (χ0v) is 12.3. The fourth-order valence-electron chi connectivity index (χ4n) is 2.49. The molecule has 0 atom stereocenters. The summed E-state index contributed by atoms with van der Waals surface area (Å²) in [6.45, 7) is 3.85. The van der Waals surface area contributed by atoms with Crippen molar-refractivity contribution in [1.82, 2.24) is 18.3 Å². The maximum atomic E-state index is 11.9. The minimum absolute atomic E-state index is 0.0360. The molecule has 0 aliphatic heterocycles. The van der Waals surface area contributed by atoms with E-state index in [1.54, 1.807) is 46.5 Å². The summed E-state index contributed by atoms with van der Waals surface area (Å²) >= 11 is 0. The number of aromatic nitrogens is 4. The Bertz CT molecular complexity index is 691. The summed E-state index contributed by atoms with van der Waals surface area (Å²) in [4.78, 5) is 23.8. The topological polar surface area (TPSA) is 53.9 Å². The monoisotopic (exact) mass is 264 g/mol. The number of hydrogen-bond donors (Lipinski definition) is 0. The molecule has 0 unspecified atom stereocenters. The third kappa shape index (κ3) is 1.78. The summed E-state index contributed by atoms with van der Waals surface area (Å²) in [6.07, 6.45) is 0.580. The molecule has 0 amide bonds. The smallest absolute Gasteiger partial charge is 0.299 e. The van der Waals surface area contributed by atoms with Gasteiger partial charge in [0.25, 0.3) is 0 Å². The summed E-state index contributed by atoms with van der Waals surface area (Å²) < 4.78 is 6.55. The highest BCUT2D eigenvalue weighted by Gasteiger charge is 2.17. The summed E-state index contributed by atoms with van der Waals surface area (Å²) in [6, 6.07) is 0. The van der Waals surface area contributed by atoms with Crippen molar-refractivity contribution in [2.45, 2.75) is 20.3 Å². The summed E-state index contributed by atoms with van der Waals surface area (Å²) in [5, 5.41) is 0. The Morgan fingerprint density at radius 3 is 1.21 bits per heavy atom. The van der Waals surface area contributed by atoms with Gasteiger partial charge in [-0.2, -0.15) is 0 Å². The highest BCUT2D eigenvalue weighted by atomic mass is 16.2. The van der Waals surface area contributed by atoms with Gasteiger partial charge < -0.3 is 0 Å². The molecule has 2 heterocycles. The minimum atomic E-state index is -0.0360. The van der Waals surface area contributed by atoms with Crippen LogP contribution in [-0.4, -0.2) is 18.3 Å². The van der Waals surface area contributed by atoms with Crippen LogP contribution in [0, 0.1) is 13.8 Å². The Labute approximate surface area is 111 Å². The Balaban J connectivity index is 2.61. The van der Waals surface area contributed by atoms with E-state index in [1.165, 1.54) is 0 Å². The van der Waals surface area contributed by atoms with Gasteiger partial charge in [0.2, 0.25) is 0 Å². The molecule has 0 saturated carbocycles. The van der Waals surface area contributed by atoms with E-state index >= 15 is 0 Å². The molecule has 2 aromatic heterocycles. The molecular formula is C13H20N4O2. The van der Waals surface area contributed by atoms with Crippen molar-refractivity contribution in [3.8, 4) is 0 Å². The SMILES string of the molecule is Cc1c(Cc2c(C)n(C)c(=O)n2C)n(C)c(=O)n1C. The molecule has 0 saturated heterocycles. The zero-order valence-electron chi connectivity index (χ0n) is 12.3. The normalized spacial score (nSPS) is 11.3. The number of hydrogen-bond acceptors (Lipinski definition) is 2. The van der Waals surface area contributed by atoms with Gasteiger partial charge in [-0.15, -0.1) is 0 Å². The van der Waals surface area contributed by atoms with E-state index in [9.17, 15) is 9.59 Å². The molecule has 0 fully saturated rings. The first kappa shape index (κ1) is 13.5. The van der Waals surface area contributed by atoms with Crippen LogP contribution in [0.1, 0.15) is 22.8 Å². The second kappa shape index (κ2) is 4.29. The standard InChI is InChI=1S/C13H20N4O2/c1-8-10(16(5)12(18)14(8)3)7-11-9(2)15(4)13(19)17(11)6/h7H2,1-6H3. The van der Waals surface area contributed by atoms with Crippen LogP contribution in [-0.2, 0) is 34.6 Å². The maximum Gasteiger partial charge on any atom is 0.328 e. The van der Waals surface area contributed by atoms with Crippen molar-refractivity contribution in [3.05, 3.63) is 43.7 Å². The van der Waals surface area contributed by atoms with Crippen molar-refractivity contribution >= 4 is 0 Å². The van der Waals surface area contributed by atoms with Gasteiger partial charge in [0, 0.05) is 57.4 Å². The Kier molecular flexibility index (Phi) is 3.04. The molecule has 0 aliphatic carbocycles. The Morgan fingerprint density at radius 1 is 0.684 bits per heavy atom. The van der Waals surface area contributed by atoms with Crippen molar-refractivity contribution in [2.75, 3.05) is 0 Å². The van der Waals surface area contributed by atoms with Crippen LogP contribution >= 0.6 is 0 Å². The Hall–Kier alpha value is -1.98. The molecule has 0 aromatic carbocycles. The third-order valence-electron chi connectivity index (χ3n) is 4.13. The molecule has 2 aromatic rings. The summed E-state index contributed by atoms with van der Waals surface area (Å²) in [7, 11) is 7.05. The molecule has 6 heteroatoms. The van der Waals surface area contributed by atoms with Gasteiger partial charge in [0.05, 0.1) is 0 Å². The van der Waals surface area contributed by atoms with Crippen molar-refractivity contribution in [1.29, 1.82) is 0 Å². The largest absolute Gasteiger partial charge is 0.328 e. The van der Waals surface area contributed by atoms with Gasteiger partial charge in [-0.25, -0.2) is 9.59 Å². The van der Waals surface area contributed by atoms with Crippen LogP contribution in [0.15, 0.2) is 9.59 Å². The van der Waals surface area contributed by atoms with E-state index in [2.05, 4.69) is 0 Å². The van der Waals surface area contributed by atoms with Crippen molar-refractivity contribution < 1.29 is 0 Å². The van der Waals surface area contributed by atoms with Gasteiger partial charge in [-0.3, -0.25) is 18.3 Å². The quantitative estimate of drug-likeness (QED) is 0.765. The second-order valence-corrected chi connectivity index (χ2v) is 5.04. The molecule has 0 radical (unpaired) electrons. The van der Waals surface area contributed by atoms with Crippen LogP contribution in [0.25, 0.3) is 0 Å². The first-order chi connectivity index (χ1) is 8.77. The van der Waals surface area contributed by atoms with Crippen LogP contribution in [0.2, 0.25) is 0 Å². The lowest BCUT2D eigenvalue weighted by molar-refractivity contribution is 0.734. The average Bonchev–Trinajstić information content (AvgIpc) is 2.68. The van der Waals surface area contributed by atoms with E-state index in [4.69, 9.17) is 0 Å². The molecule has 2 rings (SSSR count). The highest BCUT2D eigenvalue weighted by Crippen LogP contribution is 2.13. The molecule has 0 bridgehead atoms. The van der Waals surface area contributed by atoms with E-state index < -0.39 is 0 Å². The van der Waals surface area contributed by atoms with E-state index in [-0.39, 0.29) is 11.4 Å². The molecule has 19 heavy (non-hydrogen) atoms. The van der Waals surface area contributed by atoms with Gasteiger partial charge in [0.15, 0.2) is 0 Å². The van der Waals surface area contributed by atoms with E-state index in [1.807, 2.05) is 13.8 Å². The third-order valence-corrected chi connectivity index (χ3v) is 4.13. The first-order valence-electron chi connectivity index (χ1n) is 6.19. The fourth-order valence-corrected chi connectivity index (χ4v) is 2.49. The zero-order chi connectivity index (χ0) is 14.5.